The Morgan fingerprint density at radius 3 is 2.88 bits per heavy atom. The molecule has 0 bridgehead atoms. The first-order valence-electron chi connectivity index (χ1n) is 5.12. The Labute approximate surface area is 109 Å². The highest BCUT2D eigenvalue weighted by molar-refractivity contribution is 9.10. The molecule has 0 saturated carbocycles. The third kappa shape index (κ3) is 6.35. The molecule has 0 aromatic carbocycles. The van der Waals surface area contributed by atoms with Crippen LogP contribution in [0.5, 0.6) is 0 Å². The predicted octanol–water partition coefficient (Wildman–Crippen LogP) is 2.76. The molecule has 0 aliphatic heterocycles. The van der Waals surface area contributed by atoms with E-state index >= 15 is 0 Å². The number of aliphatic hydroxyl groups is 1. The maximum atomic E-state index is 9.51. The summed E-state index contributed by atoms with van der Waals surface area (Å²) in [5.41, 5.74) is 0.431. The zero-order valence-electron chi connectivity index (χ0n) is 9.53. The molecule has 1 aromatic rings. The van der Waals surface area contributed by atoms with Crippen molar-refractivity contribution in [2.24, 2.45) is 0 Å². The van der Waals surface area contributed by atoms with E-state index in [2.05, 4.69) is 26.2 Å². The van der Waals surface area contributed by atoms with Gasteiger partial charge in [-0.25, -0.2) is 0 Å². The summed E-state index contributed by atoms with van der Waals surface area (Å²) in [7, 11) is 0. The number of anilines is 1. The van der Waals surface area contributed by atoms with Gasteiger partial charge in [0.1, 0.15) is 0 Å². The van der Waals surface area contributed by atoms with Crippen molar-refractivity contribution in [3.8, 4) is 0 Å². The van der Waals surface area contributed by atoms with Gasteiger partial charge in [0.2, 0.25) is 0 Å². The molecule has 1 rings (SSSR count). The minimum atomic E-state index is -0.581. The summed E-state index contributed by atoms with van der Waals surface area (Å²) >= 11 is 5.11. The lowest BCUT2D eigenvalue weighted by Crippen LogP contribution is -2.22. The van der Waals surface area contributed by atoms with Crippen molar-refractivity contribution in [1.82, 2.24) is 4.98 Å². The smallest absolute Gasteiger partial charge is 0.0681 e. The van der Waals surface area contributed by atoms with Gasteiger partial charge in [-0.05, 0) is 35.8 Å². The molecule has 5 heteroatoms. The fourth-order valence-electron chi connectivity index (χ4n) is 1.10. The van der Waals surface area contributed by atoms with Crippen molar-refractivity contribution < 1.29 is 5.11 Å². The van der Waals surface area contributed by atoms with Crippen molar-refractivity contribution in [2.75, 3.05) is 23.4 Å². The zero-order chi connectivity index (χ0) is 12.0. The highest BCUT2D eigenvalue weighted by Gasteiger charge is 2.11. The third-order valence-corrected chi connectivity index (χ3v) is 3.57. The highest BCUT2D eigenvalue weighted by Crippen LogP contribution is 2.14. The molecule has 0 unspecified atom stereocenters. The standard InChI is InChI=1S/C11H17BrN2OS/c1-11(2,15)8-16-4-3-14-10-5-9(12)6-13-7-10/h5-7,14-15H,3-4,8H2,1-2H3. The van der Waals surface area contributed by atoms with Gasteiger partial charge >= 0.3 is 0 Å². The molecule has 0 saturated heterocycles. The van der Waals surface area contributed by atoms with E-state index in [1.807, 2.05) is 19.9 Å². The first kappa shape index (κ1) is 13.8. The van der Waals surface area contributed by atoms with Crippen molar-refractivity contribution in [2.45, 2.75) is 19.4 Å². The van der Waals surface area contributed by atoms with Gasteiger partial charge in [0.25, 0.3) is 0 Å². The lowest BCUT2D eigenvalue weighted by Gasteiger charge is -2.16. The quantitative estimate of drug-likeness (QED) is 0.793. The molecule has 0 aliphatic rings. The largest absolute Gasteiger partial charge is 0.390 e. The molecule has 2 N–H and O–H groups in total. The van der Waals surface area contributed by atoms with E-state index < -0.39 is 5.60 Å². The van der Waals surface area contributed by atoms with E-state index in [0.717, 1.165) is 28.2 Å². The maximum Gasteiger partial charge on any atom is 0.0681 e. The van der Waals surface area contributed by atoms with Crippen LogP contribution >= 0.6 is 27.7 Å². The number of pyridine rings is 1. The Morgan fingerprint density at radius 1 is 1.50 bits per heavy atom. The average molecular weight is 305 g/mol. The van der Waals surface area contributed by atoms with Crippen LogP contribution in [0.15, 0.2) is 22.9 Å². The number of thioether (sulfide) groups is 1. The van der Waals surface area contributed by atoms with Crippen LogP contribution in [-0.4, -0.2) is 33.7 Å². The molecule has 0 radical (unpaired) electrons. The van der Waals surface area contributed by atoms with Gasteiger partial charge in [0, 0.05) is 28.7 Å². The Morgan fingerprint density at radius 2 is 2.25 bits per heavy atom. The normalized spacial score (nSPS) is 11.5. The third-order valence-electron chi connectivity index (χ3n) is 1.74. The van der Waals surface area contributed by atoms with Gasteiger partial charge in [-0.3, -0.25) is 4.98 Å². The van der Waals surface area contributed by atoms with Crippen LogP contribution in [0.25, 0.3) is 0 Å². The van der Waals surface area contributed by atoms with Gasteiger partial charge in [0.15, 0.2) is 0 Å². The number of nitrogens with one attached hydrogen (secondary N) is 1. The summed E-state index contributed by atoms with van der Waals surface area (Å²) in [6, 6.07) is 1.99. The second kappa shape index (κ2) is 6.47. The van der Waals surface area contributed by atoms with Gasteiger partial charge in [-0.2, -0.15) is 11.8 Å². The van der Waals surface area contributed by atoms with Crippen LogP contribution in [0.2, 0.25) is 0 Å². The molecule has 1 heterocycles. The average Bonchev–Trinajstić information content (AvgIpc) is 2.15. The van der Waals surface area contributed by atoms with Crippen LogP contribution in [0.3, 0.4) is 0 Å². The maximum absolute atomic E-state index is 9.51. The highest BCUT2D eigenvalue weighted by atomic mass is 79.9. The minimum absolute atomic E-state index is 0.581. The summed E-state index contributed by atoms with van der Waals surface area (Å²) in [4.78, 5) is 4.07. The first-order chi connectivity index (χ1) is 7.47. The molecular formula is C11H17BrN2OS. The van der Waals surface area contributed by atoms with Gasteiger partial charge in [-0.15, -0.1) is 0 Å². The summed E-state index contributed by atoms with van der Waals surface area (Å²) in [6.07, 6.45) is 3.56. The second-order valence-electron chi connectivity index (χ2n) is 4.18. The molecule has 0 fully saturated rings. The molecule has 3 nitrogen and oxygen atoms in total. The number of aromatic nitrogens is 1. The number of hydrogen-bond donors (Lipinski definition) is 2. The van der Waals surface area contributed by atoms with Crippen LogP contribution in [-0.2, 0) is 0 Å². The number of rotatable bonds is 6. The molecule has 0 atom stereocenters. The Kier molecular flexibility index (Phi) is 5.58. The molecule has 0 spiro atoms. The van der Waals surface area contributed by atoms with Crippen molar-refractivity contribution in [3.05, 3.63) is 22.9 Å². The van der Waals surface area contributed by atoms with Crippen molar-refractivity contribution in [3.63, 3.8) is 0 Å². The Hall–Kier alpha value is -0.260. The van der Waals surface area contributed by atoms with Crippen molar-refractivity contribution in [1.29, 1.82) is 0 Å². The van der Waals surface area contributed by atoms with Crippen molar-refractivity contribution >= 4 is 33.4 Å². The van der Waals surface area contributed by atoms with E-state index in [1.165, 1.54) is 0 Å². The number of hydrogen-bond acceptors (Lipinski definition) is 4. The molecule has 1 aromatic heterocycles. The van der Waals surface area contributed by atoms with Crippen LogP contribution < -0.4 is 5.32 Å². The summed E-state index contributed by atoms with van der Waals surface area (Å²) < 4.78 is 0.974. The summed E-state index contributed by atoms with van der Waals surface area (Å²) in [5, 5.41) is 12.8. The van der Waals surface area contributed by atoms with E-state index in [9.17, 15) is 5.11 Å². The zero-order valence-corrected chi connectivity index (χ0v) is 11.9. The number of halogens is 1. The minimum Gasteiger partial charge on any atom is -0.390 e. The summed E-state index contributed by atoms with van der Waals surface area (Å²) in [6.45, 7) is 4.52. The van der Waals surface area contributed by atoms with Gasteiger partial charge < -0.3 is 10.4 Å². The summed E-state index contributed by atoms with van der Waals surface area (Å²) in [5.74, 6) is 1.72. The van der Waals surface area contributed by atoms with Crippen LogP contribution in [0.4, 0.5) is 5.69 Å². The second-order valence-corrected chi connectivity index (χ2v) is 6.20. The Bertz CT molecular complexity index is 328. The van der Waals surface area contributed by atoms with Crippen LogP contribution in [0.1, 0.15) is 13.8 Å². The fraction of sp³-hybridized carbons (Fsp3) is 0.545. The van der Waals surface area contributed by atoms with E-state index in [4.69, 9.17) is 0 Å². The topological polar surface area (TPSA) is 45.1 Å². The predicted molar refractivity (Wildman–Crippen MR) is 74.0 cm³/mol. The van der Waals surface area contributed by atoms with Gasteiger partial charge in [-0.1, -0.05) is 0 Å². The van der Waals surface area contributed by atoms with E-state index in [1.54, 1.807) is 24.2 Å². The molecule has 0 amide bonds. The van der Waals surface area contributed by atoms with Gasteiger partial charge in [0.05, 0.1) is 17.5 Å². The monoisotopic (exact) mass is 304 g/mol. The lowest BCUT2D eigenvalue weighted by atomic mass is 10.2. The fourth-order valence-corrected chi connectivity index (χ4v) is 2.35. The lowest BCUT2D eigenvalue weighted by molar-refractivity contribution is 0.107. The SMILES string of the molecule is CC(C)(O)CSCCNc1cncc(Br)c1. The molecule has 16 heavy (non-hydrogen) atoms. The number of nitrogens with zero attached hydrogens (tertiary/aromatic N) is 1. The molecule has 90 valence electrons. The Balaban J connectivity index is 2.17. The molecular weight excluding hydrogens is 288 g/mol. The van der Waals surface area contributed by atoms with Crippen LogP contribution in [0, 0.1) is 0 Å². The first-order valence-corrected chi connectivity index (χ1v) is 7.07. The van der Waals surface area contributed by atoms with E-state index in [0.29, 0.717) is 0 Å². The molecule has 0 aliphatic carbocycles. The van der Waals surface area contributed by atoms with E-state index in [-0.39, 0.29) is 0 Å².